The number of anilines is 1. The molecule has 2 saturated heterocycles. The summed E-state index contributed by atoms with van der Waals surface area (Å²) in [6.07, 6.45) is 3.30. The number of rotatable bonds is 4. The van der Waals surface area contributed by atoms with Gasteiger partial charge < -0.3 is 19.7 Å². The summed E-state index contributed by atoms with van der Waals surface area (Å²) in [6, 6.07) is 12.3. The maximum atomic E-state index is 14.6. The molecule has 1 aromatic heterocycles. The van der Waals surface area contributed by atoms with Crippen molar-refractivity contribution < 1.29 is 18.8 Å². The number of nitrogens with zero attached hydrogens (tertiary/aromatic N) is 3. The van der Waals surface area contributed by atoms with Crippen LogP contribution in [0.4, 0.5) is 10.1 Å². The van der Waals surface area contributed by atoms with Crippen molar-refractivity contribution in [1.29, 1.82) is 0 Å². The number of halogens is 1. The SMILES string of the molecule is CC(=O)c1ccc(N2CCN(C(=O)C3CCCN(C(=O)c4c[nH]c5ccccc45)C3)CC2)c(F)c1. The van der Waals surface area contributed by atoms with E-state index in [-0.39, 0.29) is 23.5 Å². The first kappa shape index (κ1) is 23.1. The third-order valence-corrected chi connectivity index (χ3v) is 7.16. The van der Waals surface area contributed by atoms with Gasteiger partial charge in [-0.05, 0) is 44.0 Å². The number of likely N-dealkylation sites (tertiary alicyclic amines) is 1. The number of aromatic amines is 1. The second-order valence-electron chi connectivity index (χ2n) is 9.37. The Morgan fingerprint density at radius 2 is 1.74 bits per heavy atom. The van der Waals surface area contributed by atoms with Gasteiger partial charge in [0.25, 0.3) is 5.91 Å². The minimum Gasteiger partial charge on any atom is -0.366 e. The molecule has 2 fully saturated rings. The Balaban J connectivity index is 1.21. The highest BCUT2D eigenvalue weighted by Crippen LogP contribution is 2.26. The Labute approximate surface area is 203 Å². The Kier molecular flexibility index (Phi) is 6.28. The number of carbonyl (C=O) groups is 3. The van der Waals surface area contributed by atoms with Crippen LogP contribution in [0.25, 0.3) is 10.9 Å². The quantitative estimate of drug-likeness (QED) is 0.583. The van der Waals surface area contributed by atoms with E-state index < -0.39 is 5.82 Å². The minimum absolute atomic E-state index is 0.0470. The van der Waals surface area contributed by atoms with Crippen LogP contribution in [0.15, 0.2) is 48.7 Å². The van der Waals surface area contributed by atoms with E-state index in [4.69, 9.17) is 0 Å². The van der Waals surface area contributed by atoms with E-state index in [9.17, 15) is 18.8 Å². The standard InChI is InChI=1S/C27H29FN4O3/c1-18(33)19-8-9-25(23(28)15-19)30-11-13-31(14-12-30)26(34)20-5-4-10-32(17-20)27(35)22-16-29-24-7-3-2-6-21(22)24/h2-3,6-9,15-16,20,29H,4-5,10-14,17H2,1H3. The van der Waals surface area contributed by atoms with Crippen molar-refractivity contribution in [2.45, 2.75) is 19.8 Å². The van der Waals surface area contributed by atoms with E-state index in [0.717, 1.165) is 23.7 Å². The van der Waals surface area contributed by atoms with E-state index in [1.54, 1.807) is 23.2 Å². The smallest absolute Gasteiger partial charge is 0.256 e. The molecule has 2 amide bonds. The van der Waals surface area contributed by atoms with Gasteiger partial charge in [0.2, 0.25) is 5.91 Å². The Bertz CT molecular complexity index is 1280. The number of Topliss-reactive ketones (excluding diaryl/α,β-unsaturated/α-hetero) is 1. The van der Waals surface area contributed by atoms with Crippen LogP contribution in [0.2, 0.25) is 0 Å². The number of benzene rings is 2. The molecule has 2 aliphatic rings. The number of hydrogen-bond acceptors (Lipinski definition) is 4. The zero-order valence-electron chi connectivity index (χ0n) is 19.8. The summed E-state index contributed by atoms with van der Waals surface area (Å²) in [6.45, 7) is 4.52. The topological polar surface area (TPSA) is 76.7 Å². The molecule has 1 atom stereocenters. The van der Waals surface area contributed by atoms with E-state index in [2.05, 4.69) is 4.98 Å². The lowest BCUT2D eigenvalue weighted by Gasteiger charge is -2.39. The van der Waals surface area contributed by atoms with Gasteiger partial charge in [0.15, 0.2) is 5.78 Å². The van der Waals surface area contributed by atoms with Crippen molar-refractivity contribution in [1.82, 2.24) is 14.8 Å². The summed E-state index contributed by atoms with van der Waals surface area (Å²) < 4.78 is 14.6. The Morgan fingerprint density at radius 3 is 2.49 bits per heavy atom. The number of ketones is 1. The predicted octanol–water partition coefficient (Wildman–Crippen LogP) is 3.71. The summed E-state index contributed by atoms with van der Waals surface area (Å²) in [5.41, 5.74) is 2.37. The molecule has 2 aromatic carbocycles. The molecule has 3 aromatic rings. The van der Waals surface area contributed by atoms with Gasteiger partial charge in [-0.1, -0.05) is 18.2 Å². The Hall–Kier alpha value is -3.68. The molecule has 0 bridgehead atoms. The van der Waals surface area contributed by atoms with Crippen LogP contribution in [0, 0.1) is 11.7 Å². The van der Waals surface area contributed by atoms with Gasteiger partial charge in [-0.25, -0.2) is 4.39 Å². The average molecular weight is 477 g/mol. The molecule has 1 unspecified atom stereocenters. The zero-order chi connectivity index (χ0) is 24.5. The molecule has 0 radical (unpaired) electrons. The van der Waals surface area contributed by atoms with Crippen molar-refractivity contribution in [3.8, 4) is 0 Å². The molecule has 5 rings (SSSR count). The number of H-pyrrole nitrogens is 1. The molecule has 182 valence electrons. The molecular formula is C27H29FN4O3. The van der Waals surface area contributed by atoms with Crippen LogP contribution in [-0.4, -0.2) is 71.6 Å². The summed E-state index contributed by atoms with van der Waals surface area (Å²) in [7, 11) is 0. The molecule has 7 nitrogen and oxygen atoms in total. The monoisotopic (exact) mass is 476 g/mol. The van der Waals surface area contributed by atoms with E-state index >= 15 is 0 Å². The van der Waals surface area contributed by atoms with Gasteiger partial charge in [-0.2, -0.15) is 0 Å². The molecule has 35 heavy (non-hydrogen) atoms. The number of hydrogen-bond donors (Lipinski definition) is 1. The third kappa shape index (κ3) is 4.52. The first-order valence-electron chi connectivity index (χ1n) is 12.1. The van der Waals surface area contributed by atoms with Crippen LogP contribution in [-0.2, 0) is 4.79 Å². The van der Waals surface area contributed by atoms with Crippen molar-refractivity contribution in [2.24, 2.45) is 5.92 Å². The lowest BCUT2D eigenvalue weighted by molar-refractivity contribution is -0.137. The van der Waals surface area contributed by atoms with Crippen molar-refractivity contribution >= 4 is 34.2 Å². The summed E-state index contributed by atoms with van der Waals surface area (Å²) >= 11 is 0. The molecule has 8 heteroatoms. The van der Waals surface area contributed by atoms with E-state index in [1.807, 2.05) is 34.1 Å². The van der Waals surface area contributed by atoms with Crippen LogP contribution < -0.4 is 4.90 Å². The summed E-state index contributed by atoms with van der Waals surface area (Å²) in [5, 5.41) is 0.894. The first-order valence-corrected chi connectivity index (χ1v) is 12.1. The first-order chi connectivity index (χ1) is 16.9. The molecule has 1 N–H and O–H groups in total. The molecule has 2 aliphatic heterocycles. The number of carbonyl (C=O) groups excluding carboxylic acids is 3. The highest BCUT2D eigenvalue weighted by molar-refractivity contribution is 6.06. The summed E-state index contributed by atoms with van der Waals surface area (Å²) in [4.78, 5) is 46.7. The number of nitrogens with one attached hydrogen (secondary N) is 1. The van der Waals surface area contributed by atoms with Crippen molar-refractivity contribution in [3.63, 3.8) is 0 Å². The molecular weight excluding hydrogens is 447 g/mol. The number of aromatic nitrogens is 1. The zero-order valence-corrected chi connectivity index (χ0v) is 19.8. The molecule has 0 saturated carbocycles. The number of piperidine rings is 1. The van der Waals surface area contributed by atoms with Gasteiger partial charge in [-0.15, -0.1) is 0 Å². The lowest BCUT2D eigenvalue weighted by atomic mass is 9.95. The average Bonchev–Trinajstić information content (AvgIpc) is 3.32. The number of para-hydroxylation sites is 1. The third-order valence-electron chi connectivity index (χ3n) is 7.16. The van der Waals surface area contributed by atoms with Crippen LogP contribution >= 0.6 is 0 Å². The maximum absolute atomic E-state index is 14.6. The largest absolute Gasteiger partial charge is 0.366 e. The van der Waals surface area contributed by atoms with Gasteiger partial charge in [-0.3, -0.25) is 14.4 Å². The number of fused-ring (bicyclic) bond motifs is 1. The van der Waals surface area contributed by atoms with Crippen molar-refractivity contribution in [2.75, 3.05) is 44.2 Å². The van der Waals surface area contributed by atoms with Gasteiger partial charge in [0, 0.05) is 61.9 Å². The summed E-state index contributed by atoms with van der Waals surface area (Å²) in [5.74, 6) is -0.800. The molecule has 0 spiro atoms. The lowest BCUT2D eigenvalue weighted by Crippen LogP contribution is -2.53. The van der Waals surface area contributed by atoms with E-state index in [1.165, 1.54) is 13.0 Å². The minimum atomic E-state index is -0.420. The fraction of sp³-hybridized carbons (Fsp3) is 0.370. The van der Waals surface area contributed by atoms with Crippen LogP contribution in [0.1, 0.15) is 40.5 Å². The Morgan fingerprint density at radius 1 is 0.971 bits per heavy atom. The molecule has 0 aliphatic carbocycles. The van der Waals surface area contributed by atoms with Crippen LogP contribution in [0.3, 0.4) is 0 Å². The second-order valence-corrected chi connectivity index (χ2v) is 9.37. The predicted molar refractivity (Wildman–Crippen MR) is 132 cm³/mol. The van der Waals surface area contributed by atoms with E-state index in [0.29, 0.717) is 56.1 Å². The number of piperazine rings is 1. The fourth-order valence-corrected chi connectivity index (χ4v) is 5.19. The van der Waals surface area contributed by atoms with Gasteiger partial charge in [0.1, 0.15) is 5.82 Å². The normalized spacial score (nSPS) is 18.7. The van der Waals surface area contributed by atoms with Gasteiger partial charge >= 0.3 is 0 Å². The highest BCUT2D eigenvalue weighted by atomic mass is 19.1. The molecule has 3 heterocycles. The fourth-order valence-electron chi connectivity index (χ4n) is 5.19. The maximum Gasteiger partial charge on any atom is 0.256 e. The van der Waals surface area contributed by atoms with Crippen LogP contribution in [0.5, 0.6) is 0 Å². The highest BCUT2D eigenvalue weighted by Gasteiger charge is 2.33. The second kappa shape index (κ2) is 9.52. The van der Waals surface area contributed by atoms with Gasteiger partial charge in [0.05, 0.1) is 17.2 Å². The number of amides is 2. The van der Waals surface area contributed by atoms with Crippen molar-refractivity contribution in [3.05, 3.63) is 65.6 Å².